The Kier molecular flexibility index (Phi) is 6.13. The number of hydrogen-bond acceptors (Lipinski definition) is 6. The van der Waals surface area contributed by atoms with E-state index in [9.17, 15) is 14.7 Å². The zero-order valence-corrected chi connectivity index (χ0v) is 21.7. The van der Waals surface area contributed by atoms with Crippen molar-refractivity contribution in [2.45, 2.75) is 62.5 Å². The summed E-state index contributed by atoms with van der Waals surface area (Å²) in [7, 11) is 0. The topological polar surface area (TPSA) is 178 Å². The maximum absolute atomic E-state index is 13.4. The summed E-state index contributed by atoms with van der Waals surface area (Å²) in [6.45, 7) is 2.11. The van der Waals surface area contributed by atoms with E-state index in [2.05, 4.69) is 37.6 Å². The van der Waals surface area contributed by atoms with Crippen molar-refractivity contribution >= 4 is 23.7 Å². The highest BCUT2D eigenvalue weighted by atomic mass is 16.3. The lowest BCUT2D eigenvalue weighted by atomic mass is 9.86. The molecule has 1 aromatic carbocycles. The highest BCUT2D eigenvalue weighted by Gasteiger charge is 2.66. The molecule has 1 aliphatic carbocycles. The number of carbonyl (C=O) groups excluding carboxylic acids is 2. The number of nitrogens with one attached hydrogen (secondary N) is 7. The zero-order valence-electron chi connectivity index (χ0n) is 21.7. The second kappa shape index (κ2) is 9.53. The molecule has 0 radical (unpaired) electrons. The second-order valence-electron chi connectivity index (χ2n) is 10.7. The Bertz CT molecular complexity index is 1360. The van der Waals surface area contributed by atoms with E-state index >= 15 is 0 Å². The molecule has 6 rings (SSSR count). The Morgan fingerprint density at radius 3 is 2.74 bits per heavy atom. The van der Waals surface area contributed by atoms with Crippen molar-refractivity contribution in [1.29, 1.82) is 10.8 Å². The molecule has 0 saturated carbocycles. The van der Waals surface area contributed by atoms with Gasteiger partial charge in [-0.25, -0.2) is 4.98 Å². The fourth-order valence-electron chi connectivity index (χ4n) is 6.50. The number of aliphatic hydroxyl groups is 1. The molecule has 2 aromatic rings. The fourth-order valence-corrected chi connectivity index (χ4v) is 6.50. The van der Waals surface area contributed by atoms with Gasteiger partial charge in [-0.3, -0.25) is 20.4 Å². The van der Waals surface area contributed by atoms with Gasteiger partial charge in [-0.2, -0.15) is 0 Å². The minimum Gasteiger partial charge on any atom is -0.386 e. The number of aliphatic hydroxyl groups excluding tert-OH is 1. The van der Waals surface area contributed by atoms with E-state index in [0.717, 1.165) is 36.9 Å². The van der Waals surface area contributed by atoms with E-state index < -0.39 is 29.9 Å². The van der Waals surface area contributed by atoms with Crippen molar-refractivity contribution < 1.29 is 14.7 Å². The molecule has 4 aliphatic rings. The van der Waals surface area contributed by atoms with Crippen LogP contribution in [0.3, 0.4) is 0 Å². The van der Waals surface area contributed by atoms with Gasteiger partial charge in [0.2, 0.25) is 0 Å². The van der Waals surface area contributed by atoms with Gasteiger partial charge in [-0.05, 0) is 61.9 Å². The summed E-state index contributed by atoms with van der Waals surface area (Å²) in [4.78, 5) is 32.1. The van der Waals surface area contributed by atoms with Gasteiger partial charge in [0.15, 0.2) is 17.6 Å². The molecule has 1 unspecified atom stereocenters. The molecule has 39 heavy (non-hydrogen) atoms. The monoisotopic (exact) mass is 531 g/mol. The van der Waals surface area contributed by atoms with Crippen LogP contribution < -0.4 is 26.6 Å². The van der Waals surface area contributed by atoms with E-state index in [0.29, 0.717) is 5.56 Å². The highest BCUT2D eigenvalue weighted by molar-refractivity contribution is 5.97. The van der Waals surface area contributed by atoms with Gasteiger partial charge in [-0.1, -0.05) is 18.2 Å². The molecule has 2 amide bonds. The first kappa shape index (κ1) is 25.1. The molecule has 1 spiro atoms. The fraction of sp³-hybridized carbons (Fsp3) is 0.444. The van der Waals surface area contributed by atoms with Gasteiger partial charge < -0.3 is 36.6 Å². The summed E-state index contributed by atoms with van der Waals surface area (Å²) in [5.41, 5.74) is 2.66. The number of hydrogen-bond donors (Lipinski definition) is 8. The van der Waals surface area contributed by atoms with Gasteiger partial charge in [0, 0.05) is 24.3 Å². The molecule has 3 saturated heterocycles. The number of rotatable bonds is 5. The van der Waals surface area contributed by atoms with E-state index in [4.69, 9.17) is 10.8 Å². The largest absolute Gasteiger partial charge is 0.386 e. The van der Waals surface area contributed by atoms with Crippen LogP contribution in [-0.4, -0.2) is 81.7 Å². The van der Waals surface area contributed by atoms with Crippen molar-refractivity contribution in [1.82, 2.24) is 36.5 Å². The Morgan fingerprint density at radius 2 is 1.92 bits per heavy atom. The normalized spacial score (nSPS) is 28.8. The SMILES string of the molecule is Cc1cccc(C(=O)NC[C@@H]2NC(=N)N3CC(NC(=O)c4cccc5c4CCCC5)[C@@H](O)[C@@]34NC(=N)N[C@@H]24)n1. The summed E-state index contributed by atoms with van der Waals surface area (Å²) in [5, 5.41) is 43.8. The van der Waals surface area contributed by atoms with Gasteiger partial charge in [0.25, 0.3) is 11.8 Å². The molecular weight excluding hydrogens is 498 g/mol. The predicted octanol–water partition coefficient (Wildman–Crippen LogP) is -0.427. The average molecular weight is 532 g/mol. The third kappa shape index (κ3) is 4.15. The number of aromatic nitrogens is 1. The minimum absolute atomic E-state index is 0.00123. The Hall–Kier alpha value is -4.19. The Morgan fingerprint density at radius 1 is 1.13 bits per heavy atom. The summed E-state index contributed by atoms with van der Waals surface area (Å²) >= 11 is 0. The minimum atomic E-state index is -1.25. The van der Waals surface area contributed by atoms with Crippen LogP contribution in [0.4, 0.5) is 0 Å². The quantitative estimate of drug-likeness (QED) is 0.256. The van der Waals surface area contributed by atoms with Crippen molar-refractivity contribution in [2.75, 3.05) is 13.1 Å². The molecule has 8 N–H and O–H groups in total. The molecule has 204 valence electrons. The number of guanidine groups is 2. The van der Waals surface area contributed by atoms with Crippen LogP contribution in [0.5, 0.6) is 0 Å². The maximum Gasteiger partial charge on any atom is 0.269 e. The lowest BCUT2D eigenvalue weighted by molar-refractivity contribution is 0.00612. The molecule has 12 heteroatoms. The Labute approximate surface area is 226 Å². The lowest BCUT2D eigenvalue weighted by Gasteiger charge is -2.49. The number of aryl methyl sites for hydroxylation is 2. The number of fused-ring (bicyclic) bond motifs is 1. The molecule has 12 nitrogen and oxygen atoms in total. The first-order chi connectivity index (χ1) is 18.8. The maximum atomic E-state index is 13.4. The number of pyridine rings is 1. The standard InChI is InChI=1S/C27H33N9O3/c1-14-6-4-11-18(31-14)24(39)30-12-19-21-27(35-25(28)34-21)22(37)20(13-36(27)26(29)33-19)32-23(38)17-10-5-8-15-7-2-3-9-16(15)17/h4-6,8,10-11,19-22,37H,2-3,7,9,12-13H2,1H3,(H2,29,33)(H,30,39)(H,32,38)(H3,28,34,35)/t19-,20?,21-,22+,27-/m0/s1. The van der Waals surface area contributed by atoms with Crippen molar-refractivity contribution in [2.24, 2.45) is 0 Å². The van der Waals surface area contributed by atoms with Crippen molar-refractivity contribution in [3.63, 3.8) is 0 Å². The number of benzene rings is 1. The molecule has 3 fully saturated rings. The number of carbonyl (C=O) groups is 2. The van der Waals surface area contributed by atoms with Crippen LogP contribution >= 0.6 is 0 Å². The molecule has 0 bridgehead atoms. The van der Waals surface area contributed by atoms with Crippen LogP contribution in [0.1, 0.15) is 50.5 Å². The van der Waals surface area contributed by atoms with Gasteiger partial charge in [-0.15, -0.1) is 0 Å². The molecule has 3 aliphatic heterocycles. The van der Waals surface area contributed by atoms with E-state index in [1.807, 2.05) is 25.1 Å². The average Bonchev–Trinajstić information content (AvgIpc) is 3.43. The Balaban J connectivity index is 1.21. The third-order valence-corrected chi connectivity index (χ3v) is 8.31. The molecule has 1 aromatic heterocycles. The third-order valence-electron chi connectivity index (χ3n) is 8.31. The van der Waals surface area contributed by atoms with E-state index in [-0.39, 0.29) is 42.5 Å². The highest BCUT2D eigenvalue weighted by Crippen LogP contribution is 2.37. The molecule has 5 atom stereocenters. The molecule has 4 heterocycles. The van der Waals surface area contributed by atoms with Crippen LogP contribution in [0.15, 0.2) is 36.4 Å². The van der Waals surface area contributed by atoms with Crippen molar-refractivity contribution in [3.05, 3.63) is 64.5 Å². The lowest BCUT2D eigenvalue weighted by Crippen LogP contribution is -2.78. The van der Waals surface area contributed by atoms with E-state index in [1.165, 1.54) is 5.56 Å². The van der Waals surface area contributed by atoms with Crippen LogP contribution in [0.2, 0.25) is 0 Å². The second-order valence-corrected chi connectivity index (χ2v) is 10.7. The predicted molar refractivity (Wildman–Crippen MR) is 144 cm³/mol. The zero-order chi connectivity index (χ0) is 27.3. The van der Waals surface area contributed by atoms with Crippen LogP contribution in [0.25, 0.3) is 0 Å². The van der Waals surface area contributed by atoms with Crippen LogP contribution in [-0.2, 0) is 12.8 Å². The van der Waals surface area contributed by atoms with Gasteiger partial charge in [0.05, 0.1) is 18.1 Å². The smallest absolute Gasteiger partial charge is 0.269 e. The first-order valence-corrected chi connectivity index (χ1v) is 13.4. The number of amides is 2. The van der Waals surface area contributed by atoms with Gasteiger partial charge >= 0.3 is 0 Å². The number of nitrogens with zero attached hydrogens (tertiary/aromatic N) is 2. The van der Waals surface area contributed by atoms with Crippen LogP contribution in [0, 0.1) is 17.7 Å². The summed E-state index contributed by atoms with van der Waals surface area (Å²) < 4.78 is 0. The summed E-state index contributed by atoms with van der Waals surface area (Å²) in [5.74, 6) is -0.564. The summed E-state index contributed by atoms with van der Waals surface area (Å²) in [6.07, 6.45) is 2.83. The first-order valence-electron chi connectivity index (χ1n) is 13.4. The van der Waals surface area contributed by atoms with Gasteiger partial charge in [0.1, 0.15) is 11.8 Å². The molecular formula is C27H33N9O3. The summed E-state index contributed by atoms with van der Waals surface area (Å²) in [6, 6.07) is 9.20. The van der Waals surface area contributed by atoms with E-state index in [1.54, 1.807) is 17.0 Å². The van der Waals surface area contributed by atoms with Crippen molar-refractivity contribution in [3.8, 4) is 0 Å².